The number of nitrogens with zero attached hydrogens (tertiary/aromatic N) is 2. The van der Waals surface area contributed by atoms with Gasteiger partial charge >= 0.3 is 0 Å². The molecule has 0 aliphatic heterocycles. The van der Waals surface area contributed by atoms with Crippen molar-refractivity contribution in [3.05, 3.63) is 18.7 Å². The zero-order chi connectivity index (χ0) is 21.0. The van der Waals surface area contributed by atoms with Crippen LogP contribution in [0, 0.1) is 0 Å². The van der Waals surface area contributed by atoms with E-state index in [-0.39, 0.29) is 0 Å². The summed E-state index contributed by atoms with van der Waals surface area (Å²) >= 11 is 0. The van der Waals surface area contributed by atoms with Gasteiger partial charge in [-0.05, 0) is 32.6 Å². The van der Waals surface area contributed by atoms with E-state index < -0.39 is 0 Å². The Balaban J connectivity index is 1.96. The first-order valence-corrected chi connectivity index (χ1v) is 13.3. The highest BCUT2D eigenvalue weighted by molar-refractivity contribution is 4.72. The number of hydrogen-bond donors (Lipinski definition) is 0. The van der Waals surface area contributed by atoms with Gasteiger partial charge in [-0.3, -0.25) is 0 Å². The molecule has 0 saturated carbocycles. The minimum Gasteiger partial charge on any atom is -0.237 e. The Kier molecular flexibility index (Phi) is 17.4. The number of imidazole rings is 1. The van der Waals surface area contributed by atoms with Crippen molar-refractivity contribution in [1.82, 2.24) is 4.57 Å². The van der Waals surface area contributed by atoms with E-state index >= 15 is 0 Å². The summed E-state index contributed by atoms with van der Waals surface area (Å²) in [5, 5.41) is 0. The van der Waals surface area contributed by atoms with E-state index in [4.69, 9.17) is 0 Å². The Labute approximate surface area is 183 Å². The molecule has 0 bridgehead atoms. The Morgan fingerprint density at radius 2 is 1.07 bits per heavy atom. The number of unbranched alkanes of at least 4 members (excludes halogenated alkanes) is 16. The molecule has 0 aliphatic carbocycles. The van der Waals surface area contributed by atoms with Gasteiger partial charge in [0.2, 0.25) is 6.33 Å². The van der Waals surface area contributed by atoms with Gasteiger partial charge in [0.25, 0.3) is 0 Å². The monoisotopic (exact) mass is 405 g/mol. The molecule has 0 spiro atoms. The highest BCUT2D eigenvalue weighted by atomic mass is 15.1. The highest BCUT2D eigenvalue weighted by Crippen LogP contribution is 2.16. The second-order valence-electron chi connectivity index (χ2n) is 9.39. The van der Waals surface area contributed by atoms with Gasteiger partial charge in [-0.2, -0.15) is 0 Å². The predicted octanol–water partition coefficient (Wildman–Crippen LogP) is 8.79. The molecular formula is C27H53N2+. The summed E-state index contributed by atoms with van der Waals surface area (Å²) in [6.07, 6.45) is 33.7. The van der Waals surface area contributed by atoms with Crippen LogP contribution in [0.3, 0.4) is 0 Å². The van der Waals surface area contributed by atoms with Crippen LogP contribution >= 0.6 is 0 Å². The summed E-state index contributed by atoms with van der Waals surface area (Å²) in [4.78, 5) is 0. The van der Waals surface area contributed by atoms with Gasteiger partial charge in [0.1, 0.15) is 12.4 Å². The van der Waals surface area contributed by atoms with E-state index in [1.54, 1.807) is 0 Å². The van der Waals surface area contributed by atoms with Crippen molar-refractivity contribution >= 4 is 0 Å². The molecule has 1 aromatic rings. The Hall–Kier alpha value is -0.790. The molecule has 0 aromatic carbocycles. The third-order valence-corrected chi connectivity index (χ3v) is 6.47. The van der Waals surface area contributed by atoms with Gasteiger partial charge in [0.05, 0.1) is 12.6 Å². The second-order valence-corrected chi connectivity index (χ2v) is 9.39. The van der Waals surface area contributed by atoms with Gasteiger partial charge in [-0.15, -0.1) is 0 Å². The Bertz CT molecular complexity index is 451. The predicted molar refractivity (Wildman–Crippen MR) is 128 cm³/mol. The number of rotatable bonds is 21. The lowest BCUT2D eigenvalue weighted by Gasteiger charge is -2.07. The summed E-state index contributed by atoms with van der Waals surface area (Å²) in [7, 11) is 0. The van der Waals surface area contributed by atoms with Crippen LogP contribution in [-0.4, -0.2) is 4.57 Å². The smallest absolute Gasteiger partial charge is 0.237 e. The first kappa shape index (κ1) is 26.2. The van der Waals surface area contributed by atoms with Crippen LogP contribution in [0.5, 0.6) is 0 Å². The topological polar surface area (TPSA) is 8.81 Å². The minimum atomic E-state index is 0.643. The molecule has 0 aliphatic rings. The molecule has 0 fully saturated rings. The summed E-state index contributed by atoms with van der Waals surface area (Å²) in [6, 6.07) is 0.643. The van der Waals surface area contributed by atoms with E-state index in [1.165, 1.54) is 129 Å². The molecule has 170 valence electrons. The van der Waals surface area contributed by atoms with Crippen molar-refractivity contribution in [2.24, 2.45) is 0 Å². The number of aryl methyl sites for hydroxylation is 1. The highest BCUT2D eigenvalue weighted by Gasteiger charge is 2.11. The molecule has 2 heteroatoms. The van der Waals surface area contributed by atoms with Crippen molar-refractivity contribution in [3.63, 3.8) is 0 Å². The van der Waals surface area contributed by atoms with Gasteiger partial charge in [-0.1, -0.05) is 110 Å². The van der Waals surface area contributed by atoms with Gasteiger partial charge in [0.15, 0.2) is 0 Å². The molecule has 0 saturated heterocycles. The van der Waals surface area contributed by atoms with Crippen molar-refractivity contribution < 1.29 is 4.57 Å². The standard InChI is InChI=1S/C27H53N2/c1-4-6-8-10-12-13-14-15-16-17-19-21-23-28-24-25-29(26-28)27(3)22-20-18-11-9-7-5-2/h24-27H,4-23H2,1-3H3/q+1. The lowest BCUT2D eigenvalue weighted by molar-refractivity contribution is -0.697. The fourth-order valence-corrected chi connectivity index (χ4v) is 4.31. The van der Waals surface area contributed by atoms with Crippen LogP contribution in [0.2, 0.25) is 0 Å². The largest absolute Gasteiger partial charge is 0.243 e. The summed E-state index contributed by atoms with van der Waals surface area (Å²) in [6.45, 7) is 8.15. The lowest BCUT2D eigenvalue weighted by atomic mass is 10.1. The van der Waals surface area contributed by atoms with Crippen LogP contribution in [-0.2, 0) is 6.54 Å². The lowest BCUT2D eigenvalue weighted by Crippen LogP contribution is -2.31. The zero-order valence-electron chi connectivity index (χ0n) is 20.3. The maximum atomic E-state index is 2.42. The summed E-state index contributed by atoms with van der Waals surface area (Å²) in [5.41, 5.74) is 0. The number of aromatic nitrogens is 2. The molecule has 1 unspecified atom stereocenters. The minimum absolute atomic E-state index is 0.643. The first-order chi connectivity index (χ1) is 14.3. The summed E-state index contributed by atoms with van der Waals surface area (Å²) < 4.78 is 4.82. The molecule has 1 rings (SSSR count). The van der Waals surface area contributed by atoms with Crippen LogP contribution in [0.1, 0.15) is 149 Å². The molecule has 1 aromatic heterocycles. The number of hydrogen-bond acceptors (Lipinski definition) is 0. The second kappa shape index (κ2) is 19.2. The fraction of sp³-hybridized carbons (Fsp3) is 0.889. The van der Waals surface area contributed by atoms with Crippen molar-refractivity contribution in [2.75, 3.05) is 0 Å². The van der Waals surface area contributed by atoms with Gasteiger partial charge in [0, 0.05) is 0 Å². The molecule has 29 heavy (non-hydrogen) atoms. The Morgan fingerprint density at radius 1 is 0.621 bits per heavy atom. The van der Waals surface area contributed by atoms with Crippen LogP contribution in [0.4, 0.5) is 0 Å². The third kappa shape index (κ3) is 14.8. The van der Waals surface area contributed by atoms with E-state index in [9.17, 15) is 0 Å². The average molecular weight is 406 g/mol. The molecule has 0 radical (unpaired) electrons. The SMILES string of the molecule is CCCCCCCCCCCCCC[n+]1ccn(C(C)CCCCCCCC)c1. The van der Waals surface area contributed by atoms with Crippen molar-refractivity contribution in [1.29, 1.82) is 0 Å². The molecule has 0 amide bonds. The normalized spacial score (nSPS) is 12.5. The quantitative estimate of drug-likeness (QED) is 0.143. The fourth-order valence-electron chi connectivity index (χ4n) is 4.31. The van der Waals surface area contributed by atoms with E-state index in [2.05, 4.69) is 48.6 Å². The molecule has 2 nitrogen and oxygen atoms in total. The zero-order valence-corrected chi connectivity index (χ0v) is 20.3. The molecule has 0 N–H and O–H groups in total. The maximum Gasteiger partial charge on any atom is 0.243 e. The van der Waals surface area contributed by atoms with Crippen molar-refractivity contribution in [2.45, 2.75) is 155 Å². The van der Waals surface area contributed by atoms with Crippen molar-refractivity contribution in [3.8, 4) is 0 Å². The van der Waals surface area contributed by atoms with Gasteiger partial charge in [-0.25, -0.2) is 9.13 Å². The first-order valence-electron chi connectivity index (χ1n) is 13.3. The van der Waals surface area contributed by atoms with E-state index in [0.29, 0.717) is 6.04 Å². The summed E-state index contributed by atoms with van der Waals surface area (Å²) in [5.74, 6) is 0. The molecule has 1 heterocycles. The van der Waals surface area contributed by atoms with E-state index in [0.717, 1.165) is 0 Å². The molecule has 1 atom stereocenters. The van der Waals surface area contributed by atoms with Crippen LogP contribution in [0.25, 0.3) is 0 Å². The van der Waals surface area contributed by atoms with Gasteiger partial charge < -0.3 is 0 Å². The molecular weight excluding hydrogens is 352 g/mol. The third-order valence-electron chi connectivity index (χ3n) is 6.47. The van der Waals surface area contributed by atoms with E-state index in [1.807, 2.05) is 0 Å². The van der Waals surface area contributed by atoms with Crippen LogP contribution < -0.4 is 4.57 Å². The average Bonchev–Trinajstić information content (AvgIpc) is 3.20. The Morgan fingerprint density at radius 3 is 1.59 bits per heavy atom. The van der Waals surface area contributed by atoms with Crippen LogP contribution in [0.15, 0.2) is 18.7 Å². The maximum absolute atomic E-state index is 2.42.